The molecule has 0 bridgehead atoms. The molecule has 0 spiro atoms. The highest BCUT2D eigenvalue weighted by molar-refractivity contribution is 5.17. The summed E-state index contributed by atoms with van der Waals surface area (Å²) in [5.74, 6) is 5.27. The van der Waals surface area contributed by atoms with Crippen molar-refractivity contribution in [2.45, 2.75) is 31.0 Å². The third kappa shape index (κ3) is 2.62. The lowest BCUT2D eigenvalue weighted by Gasteiger charge is -2.38. The molecule has 2 aliphatic heterocycles. The van der Waals surface area contributed by atoms with E-state index in [1.807, 2.05) is 0 Å². The summed E-state index contributed by atoms with van der Waals surface area (Å²) < 4.78 is 19.2. The maximum Gasteiger partial charge on any atom is 0.141 e. The molecule has 0 amide bonds. The summed E-state index contributed by atoms with van der Waals surface area (Å²) in [5.41, 5.74) is 3.46. The Hall–Kier alpha value is -1.08. The fourth-order valence-electron chi connectivity index (χ4n) is 3.06. The lowest BCUT2D eigenvalue weighted by atomic mass is 10.0. The Morgan fingerprint density at radius 1 is 1.53 bits per heavy atom. The van der Waals surface area contributed by atoms with Crippen molar-refractivity contribution >= 4 is 0 Å². The Bertz CT molecular complexity index is 444. The molecule has 2 aliphatic rings. The highest BCUT2D eigenvalue weighted by Gasteiger charge is 2.36. The van der Waals surface area contributed by atoms with Gasteiger partial charge in [-0.05, 0) is 31.0 Å². The first-order valence-corrected chi connectivity index (χ1v) is 6.70. The lowest BCUT2D eigenvalue weighted by molar-refractivity contribution is -0.0654. The van der Waals surface area contributed by atoms with Crippen LogP contribution in [0.3, 0.4) is 0 Å². The van der Waals surface area contributed by atoms with Gasteiger partial charge in [0.1, 0.15) is 5.82 Å². The van der Waals surface area contributed by atoms with Gasteiger partial charge in [-0.25, -0.2) is 4.39 Å². The van der Waals surface area contributed by atoms with Crippen LogP contribution in [-0.4, -0.2) is 41.7 Å². The van der Waals surface area contributed by atoms with Crippen molar-refractivity contribution < 1.29 is 9.13 Å². The number of nitrogens with two attached hydrogens (primary N) is 1. The first-order valence-electron chi connectivity index (χ1n) is 6.70. The van der Waals surface area contributed by atoms with E-state index in [1.54, 1.807) is 6.20 Å². The zero-order valence-corrected chi connectivity index (χ0v) is 10.8. The number of aromatic nitrogens is 1. The van der Waals surface area contributed by atoms with E-state index in [1.165, 1.54) is 25.1 Å². The van der Waals surface area contributed by atoms with E-state index in [0.29, 0.717) is 6.04 Å². The predicted octanol–water partition coefficient (Wildman–Crippen LogP) is 0.588. The van der Waals surface area contributed by atoms with E-state index < -0.39 is 0 Å². The average molecular weight is 266 g/mol. The van der Waals surface area contributed by atoms with Crippen LogP contribution in [0, 0.1) is 5.82 Å². The minimum absolute atomic E-state index is 0.0667. The van der Waals surface area contributed by atoms with Crippen LogP contribution in [-0.2, 0) is 4.74 Å². The topological polar surface area (TPSA) is 63.4 Å². The van der Waals surface area contributed by atoms with Crippen molar-refractivity contribution in [2.75, 3.05) is 19.7 Å². The summed E-state index contributed by atoms with van der Waals surface area (Å²) in [5, 5.41) is 0. The summed E-state index contributed by atoms with van der Waals surface area (Å²) in [7, 11) is 0. The predicted molar refractivity (Wildman–Crippen MR) is 68.6 cm³/mol. The van der Waals surface area contributed by atoms with Crippen molar-refractivity contribution in [3.63, 3.8) is 0 Å². The molecule has 3 rings (SSSR count). The summed E-state index contributed by atoms with van der Waals surface area (Å²) in [4.78, 5) is 6.31. The number of hydrogen-bond acceptors (Lipinski definition) is 5. The van der Waals surface area contributed by atoms with Gasteiger partial charge < -0.3 is 4.74 Å². The number of rotatable bonds is 3. The number of nitrogens with zero attached hydrogens (tertiary/aromatic N) is 2. The number of halogens is 1. The minimum Gasteiger partial charge on any atom is -0.373 e. The fraction of sp³-hybridized carbons (Fsp3) is 0.615. The van der Waals surface area contributed by atoms with Gasteiger partial charge in [-0.1, -0.05) is 0 Å². The zero-order valence-electron chi connectivity index (χ0n) is 10.8. The third-order valence-corrected chi connectivity index (χ3v) is 4.05. The minimum atomic E-state index is -0.354. The quantitative estimate of drug-likeness (QED) is 0.619. The Kier molecular flexibility index (Phi) is 3.74. The number of morpholine rings is 1. The van der Waals surface area contributed by atoms with E-state index in [4.69, 9.17) is 10.6 Å². The molecule has 3 unspecified atom stereocenters. The molecule has 104 valence electrons. The van der Waals surface area contributed by atoms with E-state index in [0.717, 1.165) is 25.3 Å². The van der Waals surface area contributed by atoms with Crippen LogP contribution < -0.4 is 11.3 Å². The Balaban J connectivity index is 1.75. The van der Waals surface area contributed by atoms with Crippen LogP contribution in [0.5, 0.6) is 0 Å². The number of fused-ring (bicyclic) bond motifs is 1. The molecule has 0 aliphatic carbocycles. The molecule has 19 heavy (non-hydrogen) atoms. The molecular weight excluding hydrogens is 247 g/mol. The normalized spacial score (nSPS) is 29.2. The van der Waals surface area contributed by atoms with Crippen molar-refractivity contribution in [3.05, 3.63) is 29.8 Å². The fourth-order valence-corrected chi connectivity index (χ4v) is 3.06. The molecule has 0 saturated carbocycles. The largest absolute Gasteiger partial charge is 0.373 e. The molecule has 3 N–H and O–H groups in total. The number of pyridine rings is 1. The van der Waals surface area contributed by atoms with Crippen LogP contribution in [0.4, 0.5) is 4.39 Å². The van der Waals surface area contributed by atoms with Crippen molar-refractivity contribution in [1.29, 1.82) is 0 Å². The van der Waals surface area contributed by atoms with Crippen LogP contribution in [0.1, 0.15) is 24.4 Å². The average Bonchev–Trinajstić information content (AvgIpc) is 2.87. The zero-order chi connectivity index (χ0) is 13.2. The molecule has 0 aromatic carbocycles. The second-order valence-electron chi connectivity index (χ2n) is 5.24. The van der Waals surface area contributed by atoms with Crippen molar-refractivity contribution in [2.24, 2.45) is 5.84 Å². The van der Waals surface area contributed by atoms with Gasteiger partial charge in [0.2, 0.25) is 0 Å². The summed E-state index contributed by atoms with van der Waals surface area (Å²) in [6.45, 7) is 2.67. The molecular formula is C13H19FN4O. The summed E-state index contributed by atoms with van der Waals surface area (Å²) in [6.07, 6.45) is 5.18. The molecule has 2 fully saturated rings. The number of ether oxygens (including phenoxy) is 1. The molecule has 1 aromatic rings. The van der Waals surface area contributed by atoms with Crippen LogP contribution in [0.15, 0.2) is 18.5 Å². The first kappa shape index (κ1) is 12.9. The van der Waals surface area contributed by atoms with Crippen molar-refractivity contribution in [1.82, 2.24) is 15.3 Å². The van der Waals surface area contributed by atoms with Gasteiger partial charge in [0.25, 0.3) is 0 Å². The molecule has 3 heterocycles. The van der Waals surface area contributed by atoms with E-state index in [9.17, 15) is 4.39 Å². The molecule has 2 saturated heterocycles. The molecule has 6 heteroatoms. The van der Waals surface area contributed by atoms with Crippen LogP contribution >= 0.6 is 0 Å². The van der Waals surface area contributed by atoms with E-state index >= 15 is 0 Å². The summed E-state index contributed by atoms with van der Waals surface area (Å²) >= 11 is 0. The van der Waals surface area contributed by atoms with Crippen LogP contribution in [0.25, 0.3) is 0 Å². The highest BCUT2D eigenvalue weighted by atomic mass is 19.1. The number of hydrogen-bond donors (Lipinski definition) is 2. The third-order valence-electron chi connectivity index (χ3n) is 4.05. The Morgan fingerprint density at radius 3 is 3.21 bits per heavy atom. The molecule has 5 nitrogen and oxygen atoms in total. The number of hydrazine groups is 1. The standard InChI is InChI=1S/C13H19FN4O/c14-10-4-9(5-16-6-10)13(17-15)12-7-18-3-1-2-11(18)8-19-12/h4-6,11-13,17H,1-3,7-8,15H2. The van der Waals surface area contributed by atoms with Gasteiger partial charge in [-0.15, -0.1) is 0 Å². The molecule has 3 atom stereocenters. The smallest absolute Gasteiger partial charge is 0.141 e. The Morgan fingerprint density at radius 2 is 2.42 bits per heavy atom. The molecule has 1 aromatic heterocycles. The lowest BCUT2D eigenvalue weighted by Crippen LogP contribution is -2.51. The van der Waals surface area contributed by atoms with Gasteiger partial charge >= 0.3 is 0 Å². The maximum atomic E-state index is 13.3. The second kappa shape index (κ2) is 5.50. The van der Waals surface area contributed by atoms with Crippen molar-refractivity contribution in [3.8, 4) is 0 Å². The first-order chi connectivity index (χ1) is 9.28. The van der Waals surface area contributed by atoms with Gasteiger partial charge in [0.05, 0.1) is 24.9 Å². The van der Waals surface area contributed by atoms with E-state index in [2.05, 4.69) is 15.3 Å². The highest BCUT2D eigenvalue weighted by Crippen LogP contribution is 2.28. The van der Waals surface area contributed by atoms with Gasteiger partial charge in [-0.2, -0.15) is 0 Å². The monoisotopic (exact) mass is 266 g/mol. The van der Waals surface area contributed by atoms with E-state index in [-0.39, 0.29) is 18.0 Å². The SMILES string of the molecule is NNC(c1cncc(F)c1)C1CN2CCCC2CO1. The van der Waals surface area contributed by atoms with Gasteiger partial charge in [0.15, 0.2) is 0 Å². The van der Waals surface area contributed by atoms with Gasteiger partial charge in [-0.3, -0.25) is 21.2 Å². The van der Waals surface area contributed by atoms with Crippen LogP contribution in [0.2, 0.25) is 0 Å². The summed E-state index contributed by atoms with van der Waals surface area (Å²) in [6, 6.07) is 1.77. The van der Waals surface area contributed by atoms with Gasteiger partial charge in [0, 0.05) is 18.8 Å². The molecule has 0 radical (unpaired) electrons. The Labute approximate surface area is 111 Å². The maximum absolute atomic E-state index is 13.3. The second-order valence-corrected chi connectivity index (χ2v) is 5.24. The number of nitrogens with one attached hydrogen (secondary N) is 1.